The Balaban J connectivity index is 1.38. The average molecular weight is 358 g/mol. The van der Waals surface area contributed by atoms with E-state index in [4.69, 9.17) is 14.2 Å². The minimum atomic E-state index is -0.518. The molecule has 0 unspecified atom stereocenters. The summed E-state index contributed by atoms with van der Waals surface area (Å²) >= 11 is 0. The molecule has 2 saturated heterocycles. The van der Waals surface area contributed by atoms with E-state index >= 15 is 0 Å². The van der Waals surface area contributed by atoms with Crippen molar-refractivity contribution >= 4 is 11.6 Å². The number of hydrogen-bond donors (Lipinski definition) is 0. The molecule has 5 atom stereocenters. The van der Waals surface area contributed by atoms with Crippen LogP contribution in [0.3, 0.4) is 0 Å². The number of rotatable bonds is 7. The van der Waals surface area contributed by atoms with Crippen LogP contribution in [0, 0.1) is 5.92 Å². The van der Waals surface area contributed by atoms with Crippen molar-refractivity contribution in [2.75, 3.05) is 13.7 Å². The molecule has 0 bridgehead atoms. The molecule has 2 heterocycles. The first kappa shape index (κ1) is 17.8. The molecular weight excluding hydrogens is 332 g/mol. The van der Waals surface area contributed by atoms with Crippen LogP contribution in [0.4, 0.5) is 0 Å². The van der Waals surface area contributed by atoms with Gasteiger partial charge in [0.25, 0.3) is 0 Å². The molecule has 0 amide bonds. The highest BCUT2D eigenvalue weighted by Gasteiger charge is 2.72. The lowest BCUT2D eigenvalue weighted by atomic mass is 9.68. The fourth-order valence-corrected chi connectivity index (χ4v) is 4.63. The summed E-state index contributed by atoms with van der Waals surface area (Å²) in [4.78, 5) is 24.7. The molecule has 5 nitrogen and oxygen atoms in total. The fourth-order valence-electron chi connectivity index (χ4n) is 4.63. The molecule has 0 aromatic heterocycles. The first-order chi connectivity index (χ1) is 12.5. The van der Waals surface area contributed by atoms with Crippen LogP contribution >= 0.6 is 0 Å². The number of Topliss-reactive ketones (excluding diaryl/α,β-unsaturated/α-hetero) is 2. The van der Waals surface area contributed by atoms with E-state index in [-0.39, 0.29) is 29.2 Å². The summed E-state index contributed by atoms with van der Waals surface area (Å²) in [6.45, 7) is 2.65. The van der Waals surface area contributed by atoms with E-state index in [0.29, 0.717) is 25.9 Å². The van der Waals surface area contributed by atoms with Gasteiger partial charge in [-0.1, -0.05) is 30.3 Å². The van der Waals surface area contributed by atoms with Gasteiger partial charge in [0.15, 0.2) is 5.78 Å². The maximum atomic E-state index is 12.4. The number of ketones is 2. The first-order valence-corrected chi connectivity index (χ1v) is 9.41. The summed E-state index contributed by atoms with van der Waals surface area (Å²) in [5.74, 6) is 0.183. The fraction of sp³-hybridized carbons (Fsp3) is 0.619. The standard InChI is InChI=1S/C21H26O5/c1-20(19-18(24-2)16(23)10-11-21(19)13-25-21)17(26-20)12-15(22)9-8-14-6-4-3-5-7-14/h3-7,17-19H,8-13H2,1-2H3/t17-,18-,19-,20-,21+/m1/s1. The van der Waals surface area contributed by atoms with Gasteiger partial charge in [-0.05, 0) is 25.3 Å². The zero-order chi connectivity index (χ0) is 18.4. The summed E-state index contributed by atoms with van der Waals surface area (Å²) in [6, 6.07) is 10.0. The van der Waals surface area contributed by atoms with E-state index < -0.39 is 11.7 Å². The van der Waals surface area contributed by atoms with Crippen LogP contribution in [-0.2, 0) is 30.2 Å². The molecule has 3 aliphatic rings. The highest BCUT2D eigenvalue weighted by Crippen LogP contribution is 2.58. The number of hydrogen-bond acceptors (Lipinski definition) is 5. The van der Waals surface area contributed by atoms with Crippen molar-refractivity contribution in [1.82, 2.24) is 0 Å². The molecule has 2 aliphatic heterocycles. The van der Waals surface area contributed by atoms with Gasteiger partial charge in [0.1, 0.15) is 23.1 Å². The lowest BCUT2D eigenvalue weighted by Crippen LogP contribution is -2.53. The smallest absolute Gasteiger partial charge is 0.162 e. The van der Waals surface area contributed by atoms with Gasteiger partial charge in [-0.25, -0.2) is 0 Å². The summed E-state index contributed by atoms with van der Waals surface area (Å²) in [6.07, 6.45) is 2.22. The Kier molecular flexibility index (Phi) is 4.49. The number of carbonyl (C=O) groups is 2. The van der Waals surface area contributed by atoms with Crippen molar-refractivity contribution in [3.05, 3.63) is 35.9 Å². The van der Waals surface area contributed by atoms with Crippen LogP contribution in [0.1, 0.15) is 38.2 Å². The number of carbonyl (C=O) groups excluding carboxylic acids is 2. The minimum absolute atomic E-state index is 0.115. The normalized spacial score (nSPS) is 38.4. The second kappa shape index (κ2) is 6.55. The number of ether oxygens (including phenoxy) is 3. The first-order valence-electron chi connectivity index (χ1n) is 9.41. The molecule has 1 saturated carbocycles. The maximum Gasteiger partial charge on any atom is 0.162 e. The molecule has 26 heavy (non-hydrogen) atoms. The number of benzene rings is 1. The third-order valence-corrected chi connectivity index (χ3v) is 6.29. The van der Waals surface area contributed by atoms with Crippen LogP contribution in [0.15, 0.2) is 30.3 Å². The van der Waals surface area contributed by atoms with Gasteiger partial charge in [-0.2, -0.15) is 0 Å². The summed E-state index contributed by atoms with van der Waals surface area (Å²) in [5.41, 5.74) is 0.351. The Hall–Kier alpha value is -1.56. The van der Waals surface area contributed by atoms with Crippen LogP contribution < -0.4 is 0 Å². The lowest BCUT2D eigenvalue weighted by molar-refractivity contribution is -0.142. The van der Waals surface area contributed by atoms with Gasteiger partial charge < -0.3 is 14.2 Å². The predicted molar refractivity (Wildman–Crippen MR) is 94.9 cm³/mol. The molecule has 1 aromatic carbocycles. The molecule has 0 radical (unpaired) electrons. The summed E-state index contributed by atoms with van der Waals surface area (Å²) < 4.78 is 17.3. The molecule has 1 aromatic rings. The van der Waals surface area contributed by atoms with Gasteiger partial charge in [0, 0.05) is 26.4 Å². The van der Waals surface area contributed by atoms with Gasteiger partial charge in [0.05, 0.1) is 18.6 Å². The molecule has 140 valence electrons. The molecule has 1 aliphatic carbocycles. The monoisotopic (exact) mass is 358 g/mol. The Bertz CT molecular complexity index is 696. The van der Waals surface area contributed by atoms with Crippen molar-refractivity contribution in [3.8, 4) is 0 Å². The van der Waals surface area contributed by atoms with E-state index in [1.54, 1.807) is 7.11 Å². The quantitative estimate of drug-likeness (QED) is 0.701. The average Bonchev–Trinajstić information content (AvgIpc) is 3.55. The second-order valence-electron chi connectivity index (χ2n) is 7.97. The van der Waals surface area contributed by atoms with Gasteiger partial charge in [-0.15, -0.1) is 0 Å². The van der Waals surface area contributed by atoms with Crippen molar-refractivity contribution in [2.24, 2.45) is 5.92 Å². The Labute approximate surface area is 154 Å². The van der Waals surface area contributed by atoms with Gasteiger partial charge in [-0.3, -0.25) is 9.59 Å². The van der Waals surface area contributed by atoms with E-state index in [1.807, 2.05) is 37.3 Å². The van der Waals surface area contributed by atoms with E-state index in [2.05, 4.69) is 0 Å². The summed E-state index contributed by atoms with van der Waals surface area (Å²) in [5, 5.41) is 0. The van der Waals surface area contributed by atoms with Crippen LogP contribution in [0.2, 0.25) is 0 Å². The Morgan fingerprint density at radius 1 is 1.31 bits per heavy atom. The SMILES string of the molecule is CO[C@@H]1C(=O)CC[C@]2(CO2)[C@H]1[C@]1(C)O[C@@H]1CC(=O)CCc1ccccc1. The predicted octanol–water partition coefficient (Wildman–Crippen LogP) is 2.50. The molecule has 1 spiro atoms. The van der Waals surface area contributed by atoms with Gasteiger partial charge in [0.2, 0.25) is 0 Å². The zero-order valence-corrected chi connectivity index (χ0v) is 15.4. The summed E-state index contributed by atoms with van der Waals surface area (Å²) in [7, 11) is 1.57. The van der Waals surface area contributed by atoms with Crippen LogP contribution in [-0.4, -0.2) is 48.7 Å². The number of aryl methyl sites for hydroxylation is 1. The minimum Gasteiger partial charge on any atom is -0.373 e. The van der Waals surface area contributed by atoms with Crippen molar-refractivity contribution in [3.63, 3.8) is 0 Å². The third kappa shape index (κ3) is 3.13. The Morgan fingerprint density at radius 3 is 2.69 bits per heavy atom. The lowest BCUT2D eigenvalue weighted by Gasteiger charge is -2.37. The largest absolute Gasteiger partial charge is 0.373 e. The van der Waals surface area contributed by atoms with Crippen molar-refractivity contribution < 1.29 is 23.8 Å². The highest BCUT2D eigenvalue weighted by atomic mass is 16.6. The van der Waals surface area contributed by atoms with E-state index in [0.717, 1.165) is 12.8 Å². The maximum absolute atomic E-state index is 12.4. The second-order valence-corrected chi connectivity index (χ2v) is 7.97. The number of methoxy groups -OCH3 is 1. The molecular formula is C21H26O5. The molecule has 4 rings (SSSR count). The molecule has 5 heteroatoms. The topological polar surface area (TPSA) is 68.4 Å². The van der Waals surface area contributed by atoms with E-state index in [9.17, 15) is 9.59 Å². The zero-order valence-electron chi connectivity index (χ0n) is 15.4. The van der Waals surface area contributed by atoms with Crippen molar-refractivity contribution in [2.45, 2.75) is 62.4 Å². The van der Waals surface area contributed by atoms with Gasteiger partial charge >= 0.3 is 0 Å². The molecule has 0 N–H and O–H groups in total. The Morgan fingerprint density at radius 2 is 2.04 bits per heavy atom. The van der Waals surface area contributed by atoms with Crippen LogP contribution in [0.25, 0.3) is 0 Å². The van der Waals surface area contributed by atoms with E-state index in [1.165, 1.54) is 5.56 Å². The third-order valence-electron chi connectivity index (χ3n) is 6.29. The highest BCUT2D eigenvalue weighted by molar-refractivity contribution is 5.85. The van der Waals surface area contributed by atoms with Crippen LogP contribution in [0.5, 0.6) is 0 Å². The van der Waals surface area contributed by atoms with Crippen molar-refractivity contribution in [1.29, 1.82) is 0 Å². The number of epoxide rings is 2. The molecule has 3 fully saturated rings.